The number of rotatable bonds is 10. The molecule has 2 amide bonds. The van der Waals surface area contributed by atoms with Gasteiger partial charge in [0.05, 0.1) is 42.4 Å². The maximum atomic E-state index is 15.6. The van der Waals surface area contributed by atoms with Gasteiger partial charge in [0.1, 0.15) is 23.0 Å². The van der Waals surface area contributed by atoms with Crippen LogP contribution in [0.5, 0.6) is 0 Å². The van der Waals surface area contributed by atoms with Crippen LogP contribution in [0.3, 0.4) is 0 Å². The Hall–Kier alpha value is -5.01. The standard InChI is InChI=1S/C40H49FN8O4/c1-7-40(3,4)18-26-14-34-39(52)49(13-11-47(34)21-26)33-17-28(41)16-31(36(33)37(50)42-5)27-15-32(38(51)45(6)22-27)44-35-9-8-29(19-43-35)48-12-10-46(20-25(48)2)30-23-53-24-30/h8-9,14-17,19,21-22,25,30H,7,10-13,18,20,23-24H2,1-6H3,(H,42,50)(H,43,44)/t25-/m0/s1. The van der Waals surface area contributed by atoms with Gasteiger partial charge in [-0.3, -0.25) is 19.3 Å². The number of fused-ring (bicyclic) bond motifs is 1. The number of piperazine rings is 1. The summed E-state index contributed by atoms with van der Waals surface area (Å²) in [5.74, 6) is -0.930. The number of aromatic nitrogens is 3. The molecule has 0 radical (unpaired) electrons. The lowest BCUT2D eigenvalue weighted by Gasteiger charge is -2.46. The Morgan fingerprint density at radius 2 is 1.85 bits per heavy atom. The molecule has 4 aromatic rings. The first kappa shape index (κ1) is 36.4. The highest BCUT2D eigenvalue weighted by atomic mass is 19.1. The zero-order valence-electron chi connectivity index (χ0n) is 31.4. The Morgan fingerprint density at radius 3 is 2.51 bits per heavy atom. The monoisotopic (exact) mass is 724 g/mol. The van der Waals surface area contributed by atoms with Crippen LogP contribution in [0, 0.1) is 11.2 Å². The van der Waals surface area contributed by atoms with Gasteiger partial charge in [0.25, 0.3) is 17.4 Å². The van der Waals surface area contributed by atoms with Crippen LogP contribution >= 0.6 is 0 Å². The minimum absolute atomic E-state index is 0.0766. The van der Waals surface area contributed by atoms with Crippen LogP contribution in [-0.2, 0) is 24.8 Å². The molecule has 2 saturated heterocycles. The van der Waals surface area contributed by atoms with Crippen LogP contribution in [0.2, 0.25) is 0 Å². The van der Waals surface area contributed by atoms with E-state index in [2.05, 4.69) is 53.1 Å². The summed E-state index contributed by atoms with van der Waals surface area (Å²) in [6.07, 6.45) is 7.21. The maximum Gasteiger partial charge on any atom is 0.274 e. The lowest BCUT2D eigenvalue weighted by Crippen LogP contribution is -2.59. The molecule has 53 heavy (non-hydrogen) atoms. The fourth-order valence-electron chi connectivity index (χ4n) is 7.63. The molecule has 13 heteroatoms. The summed E-state index contributed by atoms with van der Waals surface area (Å²) in [5.41, 5.74) is 3.51. The predicted molar refractivity (Wildman–Crippen MR) is 205 cm³/mol. The molecule has 0 unspecified atom stereocenters. The van der Waals surface area contributed by atoms with Crippen LogP contribution in [0.4, 0.5) is 27.3 Å². The smallest absolute Gasteiger partial charge is 0.274 e. The summed E-state index contributed by atoms with van der Waals surface area (Å²) in [5, 5.41) is 5.83. The fraction of sp³-hybridized carbons (Fsp3) is 0.450. The van der Waals surface area contributed by atoms with Crippen molar-refractivity contribution >= 4 is 34.7 Å². The summed E-state index contributed by atoms with van der Waals surface area (Å²) in [6.45, 7) is 13.9. The van der Waals surface area contributed by atoms with Crippen molar-refractivity contribution in [3.05, 3.63) is 88.0 Å². The second-order valence-corrected chi connectivity index (χ2v) is 15.3. The number of carbonyl (C=O) groups excluding carboxylic acids is 2. The molecule has 0 saturated carbocycles. The van der Waals surface area contributed by atoms with Crippen molar-refractivity contribution in [3.8, 4) is 11.1 Å². The quantitative estimate of drug-likeness (QED) is 0.234. The molecule has 3 aliphatic rings. The summed E-state index contributed by atoms with van der Waals surface area (Å²) in [7, 11) is 3.10. The molecule has 3 aromatic heterocycles. The van der Waals surface area contributed by atoms with E-state index in [1.165, 1.54) is 28.6 Å². The van der Waals surface area contributed by atoms with Gasteiger partial charge in [-0.05, 0) is 60.7 Å². The molecule has 0 bridgehead atoms. The molecule has 2 fully saturated rings. The lowest BCUT2D eigenvalue weighted by atomic mass is 9.84. The van der Waals surface area contributed by atoms with Crippen molar-refractivity contribution in [2.45, 2.75) is 59.2 Å². The second kappa shape index (κ2) is 14.4. The zero-order valence-corrected chi connectivity index (χ0v) is 31.4. The first-order valence-corrected chi connectivity index (χ1v) is 18.4. The van der Waals surface area contributed by atoms with E-state index >= 15 is 4.39 Å². The van der Waals surface area contributed by atoms with Gasteiger partial charge in [-0.15, -0.1) is 0 Å². The molecular weight excluding hydrogens is 675 g/mol. The summed E-state index contributed by atoms with van der Waals surface area (Å²) >= 11 is 0. The van der Waals surface area contributed by atoms with Crippen molar-refractivity contribution in [3.63, 3.8) is 0 Å². The van der Waals surface area contributed by atoms with Crippen molar-refractivity contribution in [2.24, 2.45) is 12.5 Å². The normalized spacial score (nSPS) is 18.2. The van der Waals surface area contributed by atoms with Gasteiger partial charge >= 0.3 is 0 Å². The summed E-state index contributed by atoms with van der Waals surface area (Å²) in [4.78, 5) is 52.0. The Morgan fingerprint density at radius 1 is 1.06 bits per heavy atom. The Bertz CT molecular complexity index is 2090. The van der Waals surface area contributed by atoms with Crippen molar-refractivity contribution in [1.29, 1.82) is 0 Å². The van der Waals surface area contributed by atoms with Crippen LogP contribution in [-0.4, -0.2) is 89.4 Å². The zero-order chi connectivity index (χ0) is 37.6. The van der Waals surface area contributed by atoms with Crippen molar-refractivity contribution < 1.29 is 18.7 Å². The Labute approximate surface area is 309 Å². The predicted octanol–water partition coefficient (Wildman–Crippen LogP) is 5.04. The molecule has 280 valence electrons. The van der Waals surface area contributed by atoms with Gasteiger partial charge in [-0.2, -0.15) is 0 Å². The molecule has 0 aliphatic carbocycles. The average Bonchev–Trinajstić information content (AvgIpc) is 3.52. The number of aryl methyl sites for hydroxylation is 1. The largest absolute Gasteiger partial charge is 0.378 e. The third kappa shape index (κ3) is 7.19. The van der Waals surface area contributed by atoms with Gasteiger partial charge in [-0.1, -0.05) is 27.2 Å². The highest BCUT2D eigenvalue weighted by Crippen LogP contribution is 2.36. The molecular formula is C40H49FN8O4. The number of amides is 2. The van der Waals surface area contributed by atoms with Gasteiger partial charge in [-0.25, -0.2) is 9.37 Å². The van der Waals surface area contributed by atoms with E-state index in [0.29, 0.717) is 35.7 Å². The number of hydrogen-bond donors (Lipinski definition) is 2. The van der Waals surface area contributed by atoms with Crippen LogP contribution in [0.1, 0.15) is 60.5 Å². The van der Waals surface area contributed by atoms with Crippen LogP contribution < -0.4 is 26.0 Å². The SMILES string of the molecule is CCC(C)(C)Cc1cc2n(c1)CCN(c1cc(F)cc(-c3cc(Nc4ccc(N5CCN(C6COC6)C[C@@H]5C)cn4)c(=O)n(C)c3)c1C(=O)NC)C2=O. The molecule has 6 heterocycles. The van der Waals surface area contributed by atoms with Crippen molar-refractivity contribution in [1.82, 2.24) is 24.3 Å². The van der Waals surface area contributed by atoms with E-state index in [4.69, 9.17) is 4.74 Å². The number of hydrogen-bond acceptors (Lipinski definition) is 8. The lowest BCUT2D eigenvalue weighted by molar-refractivity contribution is -0.0691. The van der Waals surface area contributed by atoms with Crippen LogP contribution in [0.25, 0.3) is 11.1 Å². The minimum atomic E-state index is -0.613. The van der Waals surface area contributed by atoms with E-state index < -0.39 is 11.7 Å². The van der Waals surface area contributed by atoms with Crippen LogP contribution in [0.15, 0.2) is 59.8 Å². The topological polar surface area (TPSA) is 117 Å². The van der Waals surface area contributed by atoms with Gasteiger partial charge in [0.15, 0.2) is 0 Å². The number of pyridine rings is 2. The highest BCUT2D eigenvalue weighted by molar-refractivity contribution is 6.13. The number of anilines is 4. The van der Waals surface area contributed by atoms with Gasteiger partial charge < -0.3 is 34.3 Å². The third-order valence-corrected chi connectivity index (χ3v) is 11.1. The minimum Gasteiger partial charge on any atom is -0.378 e. The first-order valence-electron chi connectivity index (χ1n) is 18.4. The Balaban J connectivity index is 1.17. The number of nitrogens with zero attached hydrogens (tertiary/aromatic N) is 6. The molecule has 0 spiro atoms. The van der Waals surface area contributed by atoms with E-state index in [1.54, 1.807) is 25.5 Å². The van der Waals surface area contributed by atoms with Crippen molar-refractivity contribution in [2.75, 3.05) is 61.6 Å². The highest BCUT2D eigenvalue weighted by Gasteiger charge is 2.34. The molecule has 3 aliphatic heterocycles. The fourth-order valence-corrected chi connectivity index (χ4v) is 7.63. The number of ether oxygens (including phenoxy) is 1. The van der Waals surface area contributed by atoms with E-state index in [9.17, 15) is 14.4 Å². The van der Waals surface area contributed by atoms with E-state index in [0.717, 1.165) is 56.9 Å². The first-order chi connectivity index (χ1) is 25.3. The maximum absolute atomic E-state index is 15.6. The van der Waals surface area contributed by atoms with Gasteiger partial charge in [0.2, 0.25) is 0 Å². The van der Waals surface area contributed by atoms with E-state index in [-0.39, 0.29) is 45.9 Å². The number of benzene rings is 1. The molecule has 2 N–H and O–H groups in total. The third-order valence-electron chi connectivity index (χ3n) is 11.1. The number of carbonyl (C=O) groups is 2. The van der Waals surface area contributed by atoms with Gasteiger partial charge in [0, 0.05) is 76.4 Å². The second-order valence-electron chi connectivity index (χ2n) is 15.3. The molecule has 1 atom stereocenters. The molecule has 12 nitrogen and oxygen atoms in total. The average molecular weight is 725 g/mol. The summed E-state index contributed by atoms with van der Waals surface area (Å²) in [6, 6.07) is 10.6. The molecule has 7 rings (SSSR count). The van der Waals surface area contributed by atoms with E-state index in [1.807, 2.05) is 29.0 Å². The summed E-state index contributed by atoms with van der Waals surface area (Å²) < 4.78 is 24.3. The number of halogens is 1. The molecule has 1 aromatic carbocycles. The Kier molecular flexibility index (Phi) is 9.90. The number of nitrogens with one attached hydrogen (secondary N) is 2.